The predicted molar refractivity (Wildman–Crippen MR) is 92.5 cm³/mol. The lowest BCUT2D eigenvalue weighted by Gasteiger charge is -2.27. The van der Waals surface area contributed by atoms with Crippen molar-refractivity contribution in [1.29, 1.82) is 0 Å². The Balaban J connectivity index is 1.59. The number of benzene rings is 1. The van der Waals surface area contributed by atoms with Gasteiger partial charge in [0, 0.05) is 30.1 Å². The van der Waals surface area contributed by atoms with Gasteiger partial charge < -0.3 is 10.2 Å². The van der Waals surface area contributed by atoms with Crippen molar-refractivity contribution in [3.8, 4) is 0 Å². The number of rotatable bonds is 5. The summed E-state index contributed by atoms with van der Waals surface area (Å²) >= 11 is 1.59. The fraction of sp³-hybridized carbons (Fsp3) is 0.333. The van der Waals surface area contributed by atoms with E-state index in [0.717, 1.165) is 35.5 Å². The molecule has 2 aromatic rings. The van der Waals surface area contributed by atoms with E-state index in [0.29, 0.717) is 19.4 Å². The van der Waals surface area contributed by atoms with E-state index in [4.69, 9.17) is 0 Å². The number of hydrogen-bond acceptors (Lipinski definition) is 3. The molecule has 1 aromatic heterocycles. The van der Waals surface area contributed by atoms with E-state index in [1.807, 2.05) is 46.7 Å². The summed E-state index contributed by atoms with van der Waals surface area (Å²) < 4.78 is 0. The highest BCUT2D eigenvalue weighted by Crippen LogP contribution is 2.21. The van der Waals surface area contributed by atoms with E-state index in [2.05, 4.69) is 5.32 Å². The van der Waals surface area contributed by atoms with Gasteiger partial charge in [0.2, 0.25) is 11.8 Å². The fourth-order valence-electron chi connectivity index (χ4n) is 2.75. The molecule has 0 unspecified atom stereocenters. The van der Waals surface area contributed by atoms with Crippen molar-refractivity contribution in [2.75, 3.05) is 11.4 Å². The van der Waals surface area contributed by atoms with Gasteiger partial charge in [0.05, 0.1) is 6.42 Å². The molecular weight excluding hydrogens is 308 g/mol. The molecule has 5 heteroatoms. The van der Waals surface area contributed by atoms with Crippen molar-refractivity contribution in [1.82, 2.24) is 5.32 Å². The van der Waals surface area contributed by atoms with Crippen LogP contribution < -0.4 is 10.2 Å². The van der Waals surface area contributed by atoms with Gasteiger partial charge in [-0.1, -0.05) is 18.2 Å². The van der Waals surface area contributed by atoms with Crippen molar-refractivity contribution >= 4 is 28.8 Å². The lowest BCUT2D eigenvalue weighted by molar-refractivity contribution is -0.121. The summed E-state index contributed by atoms with van der Waals surface area (Å²) in [6, 6.07) is 11.8. The monoisotopic (exact) mass is 328 g/mol. The molecule has 1 aromatic carbocycles. The van der Waals surface area contributed by atoms with Crippen LogP contribution in [0.5, 0.6) is 0 Å². The van der Waals surface area contributed by atoms with Gasteiger partial charge in [-0.15, -0.1) is 11.3 Å². The minimum absolute atomic E-state index is 0.0203. The number of hydrogen-bond donors (Lipinski definition) is 1. The van der Waals surface area contributed by atoms with Crippen LogP contribution in [-0.2, 0) is 22.6 Å². The van der Waals surface area contributed by atoms with Gasteiger partial charge in [0.1, 0.15) is 0 Å². The lowest BCUT2D eigenvalue weighted by Crippen LogP contribution is -2.35. The summed E-state index contributed by atoms with van der Waals surface area (Å²) in [6.45, 7) is 1.27. The Labute approximate surface area is 140 Å². The van der Waals surface area contributed by atoms with Crippen LogP contribution in [0.25, 0.3) is 0 Å². The van der Waals surface area contributed by atoms with E-state index in [-0.39, 0.29) is 11.8 Å². The molecule has 0 saturated carbocycles. The van der Waals surface area contributed by atoms with Crippen LogP contribution in [0.1, 0.15) is 29.7 Å². The Kier molecular flexibility index (Phi) is 5.08. The number of nitrogens with one attached hydrogen (secondary N) is 1. The number of anilines is 1. The maximum Gasteiger partial charge on any atom is 0.226 e. The van der Waals surface area contributed by atoms with Crippen molar-refractivity contribution in [2.45, 2.75) is 32.2 Å². The maximum atomic E-state index is 12.0. The van der Waals surface area contributed by atoms with Crippen molar-refractivity contribution in [3.63, 3.8) is 0 Å². The Morgan fingerprint density at radius 3 is 2.91 bits per heavy atom. The molecule has 2 heterocycles. The molecule has 1 fully saturated rings. The second-order valence-corrected chi connectivity index (χ2v) is 6.74. The molecule has 1 N–H and O–H groups in total. The molecule has 23 heavy (non-hydrogen) atoms. The summed E-state index contributed by atoms with van der Waals surface area (Å²) in [5.74, 6) is 0.210. The smallest absolute Gasteiger partial charge is 0.226 e. The average molecular weight is 328 g/mol. The van der Waals surface area contributed by atoms with Crippen LogP contribution in [0, 0.1) is 0 Å². The summed E-state index contributed by atoms with van der Waals surface area (Å²) in [7, 11) is 0. The highest BCUT2D eigenvalue weighted by Gasteiger charge is 2.19. The molecule has 1 saturated heterocycles. The third kappa shape index (κ3) is 4.20. The maximum absolute atomic E-state index is 12.0. The van der Waals surface area contributed by atoms with E-state index < -0.39 is 0 Å². The van der Waals surface area contributed by atoms with Crippen LogP contribution in [0.15, 0.2) is 41.8 Å². The normalized spacial score (nSPS) is 14.8. The molecule has 2 amide bonds. The fourth-order valence-corrected chi connectivity index (χ4v) is 3.45. The first-order chi connectivity index (χ1) is 11.2. The topological polar surface area (TPSA) is 49.4 Å². The van der Waals surface area contributed by atoms with Gasteiger partial charge in [-0.05, 0) is 42.0 Å². The first kappa shape index (κ1) is 15.7. The number of nitrogens with zero attached hydrogens (tertiary/aromatic N) is 1. The number of carbonyl (C=O) groups excluding carboxylic acids is 2. The van der Waals surface area contributed by atoms with Crippen molar-refractivity contribution in [2.24, 2.45) is 0 Å². The third-order valence-electron chi connectivity index (χ3n) is 3.95. The molecule has 4 nitrogen and oxygen atoms in total. The average Bonchev–Trinajstić information content (AvgIpc) is 3.07. The van der Waals surface area contributed by atoms with Crippen molar-refractivity contribution in [3.05, 3.63) is 52.2 Å². The number of carbonyl (C=O) groups is 2. The quantitative estimate of drug-likeness (QED) is 0.917. The molecule has 0 atom stereocenters. The van der Waals surface area contributed by atoms with E-state index in [9.17, 15) is 9.59 Å². The summed E-state index contributed by atoms with van der Waals surface area (Å²) in [5.41, 5.74) is 1.94. The molecule has 0 bridgehead atoms. The SMILES string of the molecule is O=C(Cc1cccs1)NCc1cccc(N2CCCCC2=O)c1. The molecule has 0 aliphatic carbocycles. The number of piperidine rings is 1. The summed E-state index contributed by atoms with van der Waals surface area (Å²) in [6.07, 6.45) is 3.07. The zero-order valence-electron chi connectivity index (χ0n) is 13.0. The van der Waals surface area contributed by atoms with Crippen LogP contribution in [0.3, 0.4) is 0 Å². The lowest BCUT2D eigenvalue weighted by atomic mass is 10.1. The molecule has 120 valence electrons. The zero-order chi connectivity index (χ0) is 16.1. The highest BCUT2D eigenvalue weighted by atomic mass is 32.1. The molecule has 0 radical (unpaired) electrons. The van der Waals surface area contributed by atoms with Crippen LogP contribution in [0.4, 0.5) is 5.69 Å². The second-order valence-electron chi connectivity index (χ2n) is 5.71. The molecule has 3 rings (SSSR count). The van der Waals surface area contributed by atoms with Crippen LogP contribution >= 0.6 is 11.3 Å². The summed E-state index contributed by atoms with van der Waals surface area (Å²) in [5, 5.41) is 4.92. The summed E-state index contributed by atoms with van der Waals surface area (Å²) in [4.78, 5) is 26.9. The van der Waals surface area contributed by atoms with E-state index >= 15 is 0 Å². The Bertz CT molecular complexity index is 682. The highest BCUT2D eigenvalue weighted by molar-refractivity contribution is 7.10. The predicted octanol–water partition coefficient (Wildman–Crippen LogP) is 3.12. The minimum Gasteiger partial charge on any atom is -0.352 e. The zero-order valence-corrected chi connectivity index (χ0v) is 13.8. The van der Waals surface area contributed by atoms with Crippen LogP contribution in [0.2, 0.25) is 0 Å². The molecule has 1 aliphatic heterocycles. The minimum atomic E-state index is 0.0203. The Morgan fingerprint density at radius 1 is 1.22 bits per heavy atom. The molecular formula is C18H20N2O2S. The number of amides is 2. The standard InChI is InChI=1S/C18H20N2O2S/c21-17(12-16-7-4-10-23-16)19-13-14-5-3-6-15(11-14)20-9-2-1-8-18(20)22/h3-7,10-11H,1-2,8-9,12-13H2,(H,19,21). The van der Waals surface area contributed by atoms with Crippen LogP contribution in [-0.4, -0.2) is 18.4 Å². The Hall–Kier alpha value is -2.14. The van der Waals surface area contributed by atoms with Crippen molar-refractivity contribution < 1.29 is 9.59 Å². The number of thiophene rings is 1. The second kappa shape index (κ2) is 7.42. The third-order valence-corrected chi connectivity index (χ3v) is 4.83. The van der Waals surface area contributed by atoms with E-state index in [1.165, 1.54) is 0 Å². The molecule has 0 spiro atoms. The largest absolute Gasteiger partial charge is 0.352 e. The van der Waals surface area contributed by atoms with Gasteiger partial charge in [0.25, 0.3) is 0 Å². The first-order valence-corrected chi connectivity index (χ1v) is 8.79. The van der Waals surface area contributed by atoms with Gasteiger partial charge in [-0.25, -0.2) is 0 Å². The molecule has 1 aliphatic rings. The van der Waals surface area contributed by atoms with Gasteiger partial charge in [0.15, 0.2) is 0 Å². The van der Waals surface area contributed by atoms with Gasteiger partial charge >= 0.3 is 0 Å². The first-order valence-electron chi connectivity index (χ1n) is 7.91. The van der Waals surface area contributed by atoms with E-state index in [1.54, 1.807) is 11.3 Å². The Morgan fingerprint density at radius 2 is 2.13 bits per heavy atom. The van der Waals surface area contributed by atoms with Gasteiger partial charge in [-0.3, -0.25) is 9.59 Å². The van der Waals surface area contributed by atoms with Gasteiger partial charge in [-0.2, -0.15) is 0 Å².